The van der Waals surface area contributed by atoms with Gasteiger partial charge in [-0.25, -0.2) is 0 Å². The van der Waals surface area contributed by atoms with Gasteiger partial charge < -0.3 is 9.80 Å². The summed E-state index contributed by atoms with van der Waals surface area (Å²) in [5.41, 5.74) is 13.5. The van der Waals surface area contributed by atoms with E-state index in [1.54, 1.807) is 0 Å². The Morgan fingerprint density at radius 3 is 0.881 bits per heavy atom. The Morgan fingerprint density at radius 2 is 0.537 bits per heavy atom. The summed E-state index contributed by atoms with van der Waals surface area (Å²) in [6.45, 7) is 0. The third-order valence-electron chi connectivity index (χ3n) is 14.0. The molecule has 0 heterocycles. The number of para-hydroxylation sites is 2. The maximum Gasteiger partial charge on any atom is 0.0715 e. The van der Waals surface area contributed by atoms with Gasteiger partial charge >= 0.3 is 0 Å². The average molecular weight is 853 g/mol. The fourth-order valence-corrected chi connectivity index (χ4v) is 11.2. The molecular formula is C65H44N2. The fourth-order valence-electron chi connectivity index (χ4n) is 11.2. The van der Waals surface area contributed by atoms with Crippen LogP contribution >= 0.6 is 0 Å². The first kappa shape index (κ1) is 38.7. The smallest absolute Gasteiger partial charge is 0.0715 e. The molecule has 0 unspecified atom stereocenters. The monoisotopic (exact) mass is 852 g/mol. The van der Waals surface area contributed by atoms with Gasteiger partial charge in [0.15, 0.2) is 0 Å². The van der Waals surface area contributed by atoms with Gasteiger partial charge in [0, 0.05) is 44.3 Å². The van der Waals surface area contributed by atoms with Gasteiger partial charge in [-0.05, 0) is 116 Å². The maximum atomic E-state index is 2.49. The quantitative estimate of drug-likeness (QED) is 0.141. The lowest BCUT2D eigenvalue weighted by atomic mass is 9.67. The van der Waals surface area contributed by atoms with E-state index in [2.05, 4.69) is 277 Å². The van der Waals surface area contributed by atoms with Gasteiger partial charge in [-0.3, -0.25) is 0 Å². The summed E-state index contributed by atoms with van der Waals surface area (Å²) < 4.78 is 0. The van der Waals surface area contributed by atoms with Crippen molar-refractivity contribution in [3.05, 3.63) is 289 Å². The molecule has 0 bridgehead atoms. The molecular weight excluding hydrogens is 809 g/mol. The Bertz CT molecular complexity index is 3450. The van der Waals surface area contributed by atoms with Crippen molar-refractivity contribution in [2.75, 3.05) is 9.80 Å². The van der Waals surface area contributed by atoms with Gasteiger partial charge in [-0.2, -0.15) is 0 Å². The first-order valence-corrected chi connectivity index (χ1v) is 23.2. The number of rotatable bonds is 8. The van der Waals surface area contributed by atoms with Crippen LogP contribution in [0.15, 0.2) is 267 Å². The van der Waals surface area contributed by atoms with Gasteiger partial charge in [0.25, 0.3) is 0 Å². The molecule has 0 fully saturated rings. The molecule has 12 aromatic rings. The minimum atomic E-state index is -0.675. The van der Waals surface area contributed by atoms with Crippen LogP contribution in [0.2, 0.25) is 0 Å². The van der Waals surface area contributed by atoms with E-state index in [4.69, 9.17) is 0 Å². The topological polar surface area (TPSA) is 6.48 Å². The molecule has 0 N–H and O–H groups in total. The van der Waals surface area contributed by atoms with E-state index in [-0.39, 0.29) is 0 Å². The molecule has 0 aromatic heterocycles. The Hall–Kier alpha value is -8.72. The van der Waals surface area contributed by atoms with E-state index in [0.717, 1.165) is 22.7 Å². The zero-order valence-electron chi connectivity index (χ0n) is 36.8. The van der Waals surface area contributed by atoms with Crippen molar-refractivity contribution < 1.29 is 0 Å². The Balaban J connectivity index is 1.11. The molecule has 1 aliphatic rings. The van der Waals surface area contributed by atoms with E-state index in [1.807, 2.05) is 0 Å². The van der Waals surface area contributed by atoms with Crippen molar-refractivity contribution in [3.63, 3.8) is 0 Å². The van der Waals surface area contributed by atoms with Crippen LogP contribution in [-0.2, 0) is 5.41 Å². The van der Waals surface area contributed by atoms with E-state index in [1.165, 1.54) is 87.8 Å². The summed E-state index contributed by atoms with van der Waals surface area (Å²) in [5, 5.41) is 9.67. The van der Waals surface area contributed by atoms with Gasteiger partial charge in [0.1, 0.15) is 0 Å². The summed E-state index contributed by atoms with van der Waals surface area (Å²) >= 11 is 0. The van der Waals surface area contributed by atoms with Crippen molar-refractivity contribution in [1.82, 2.24) is 0 Å². The van der Waals surface area contributed by atoms with Crippen molar-refractivity contribution in [3.8, 4) is 11.1 Å². The number of anilines is 6. The summed E-state index contributed by atoms with van der Waals surface area (Å²) in [7, 11) is 0. The molecule has 67 heavy (non-hydrogen) atoms. The van der Waals surface area contributed by atoms with Crippen molar-refractivity contribution in [2.45, 2.75) is 5.41 Å². The molecule has 2 nitrogen and oxygen atoms in total. The number of benzene rings is 12. The predicted octanol–water partition coefficient (Wildman–Crippen LogP) is 17.6. The zero-order valence-corrected chi connectivity index (χ0v) is 36.8. The van der Waals surface area contributed by atoms with Gasteiger partial charge in [0.2, 0.25) is 0 Å². The molecule has 2 heteroatoms. The second kappa shape index (κ2) is 15.8. The van der Waals surface area contributed by atoms with E-state index in [0.29, 0.717) is 0 Å². The van der Waals surface area contributed by atoms with Gasteiger partial charge in [-0.15, -0.1) is 0 Å². The largest absolute Gasteiger partial charge is 0.309 e. The first-order chi connectivity index (χ1) is 33.3. The highest BCUT2D eigenvalue weighted by Crippen LogP contribution is 2.59. The molecule has 0 saturated heterocycles. The van der Waals surface area contributed by atoms with Crippen LogP contribution in [0.3, 0.4) is 0 Å². The van der Waals surface area contributed by atoms with Gasteiger partial charge in [0.05, 0.1) is 16.8 Å². The highest BCUT2D eigenvalue weighted by Gasteiger charge is 2.47. The first-order valence-electron chi connectivity index (χ1n) is 23.2. The lowest BCUT2D eigenvalue weighted by molar-refractivity contribution is 0.768. The summed E-state index contributed by atoms with van der Waals surface area (Å²) in [6.07, 6.45) is 0. The fraction of sp³-hybridized carbons (Fsp3) is 0.0154. The van der Waals surface area contributed by atoms with Crippen LogP contribution in [0.5, 0.6) is 0 Å². The molecule has 0 spiro atoms. The Labute approximate surface area is 390 Å². The number of nitrogens with zero attached hydrogens (tertiary/aromatic N) is 2. The molecule has 0 radical (unpaired) electrons. The third kappa shape index (κ3) is 6.11. The molecule has 13 rings (SSSR count). The number of hydrogen-bond donors (Lipinski definition) is 0. The predicted molar refractivity (Wildman–Crippen MR) is 283 cm³/mol. The number of hydrogen-bond acceptors (Lipinski definition) is 2. The van der Waals surface area contributed by atoms with Crippen LogP contribution in [0.25, 0.3) is 54.2 Å². The summed E-state index contributed by atoms with van der Waals surface area (Å²) in [5.74, 6) is 0. The highest BCUT2D eigenvalue weighted by atomic mass is 15.2. The molecule has 1 aliphatic carbocycles. The second-order valence-corrected chi connectivity index (χ2v) is 17.6. The van der Waals surface area contributed by atoms with Crippen LogP contribution < -0.4 is 9.80 Å². The van der Waals surface area contributed by atoms with Crippen LogP contribution in [0.1, 0.15) is 22.3 Å². The SMILES string of the molecule is c1ccc(N(c2ccc3c(c2)C(c2ccccc2)(c2ccccc2)c2cc(N(c4ccccc4)c4c5ccccc5cc5ccccc45)ccc2-3)c2c3ccccc3cc3ccccc23)cc1. The zero-order chi connectivity index (χ0) is 44.3. The van der Waals surface area contributed by atoms with Crippen molar-refractivity contribution in [1.29, 1.82) is 0 Å². The minimum absolute atomic E-state index is 0.675. The van der Waals surface area contributed by atoms with E-state index >= 15 is 0 Å². The van der Waals surface area contributed by atoms with E-state index in [9.17, 15) is 0 Å². The third-order valence-corrected chi connectivity index (χ3v) is 14.0. The van der Waals surface area contributed by atoms with Gasteiger partial charge in [-0.1, -0.05) is 206 Å². The summed E-state index contributed by atoms with van der Waals surface area (Å²) in [6, 6.07) is 98.4. The highest BCUT2D eigenvalue weighted by molar-refractivity contribution is 6.16. The molecule has 0 atom stereocenters. The normalized spacial score (nSPS) is 12.6. The summed E-state index contributed by atoms with van der Waals surface area (Å²) in [4.78, 5) is 4.98. The van der Waals surface area contributed by atoms with Crippen LogP contribution in [0, 0.1) is 0 Å². The minimum Gasteiger partial charge on any atom is -0.309 e. The van der Waals surface area contributed by atoms with Crippen molar-refractivity contribution in [2.24, 2.45) is 0 Å². The molecule has 0 amide bonds. The molecule has 0 saturated carbocycles. The van der Waals surface area contributed by atoms with E-state index < -0.39 is 5.41 Å². The number of fused-ring (bicyclic) bond motifs is 7. The van der Waals surface area contributed by atoms with Crippen LogP contribution in [-0.4, -0.2) is 0 Å². The molecule has 314 valence electrons. The standard InChI is InChI=1S/C65H44N2/c1-5-25-49(26-6-1)65(50-27-7-2-8-28-50)61-43-53(66(51-29-9-3-10-30-51)63-55-33-17-13-21-45(55)41-46-22-14-18-34-56(46)63)37-39-59(61)60-40-38-54(44-62(60)65)67(52-31-11-4-12-32-52)64-57-35-19-15-23-47(57)42-48-24-16-20-36-58(48)64/h1-44H. The Morgan fingerprint density at radius 1 is 0.239 bits per heavy atom. The molecule has 0 aliphatic heterocycles. The maximum absolute atomic E-state index is 2.49. The Kier molecular flexibility index (Phi) is 9.11. The van der Waals surface area contributed by atoms with Crippen molar-refractivity contribution >= 4 is 77.2 Å². The average Bonchev–Trinajstić information content (AvgIpc) is 3.69. The lowest BCUT2D eigenvalue weighted by Gasteiger charge is -2.36. The van der Waals surface area contributed by atoms with Crippen LogP contribution in [0.4, 0.5) is 34.1 Å². The second-order valence-electron chi connectivity index (χ2n) is 17.6. The lowest BCUT2D eigenvalue weighted by Crippen LogP contribution is -2.29. The molecule has 12 aromatic carbocycles.